The van der Waals surface area contributed by atoms with Gasteiger partial charge >= 0.3 is 0 Å². The highest BCUT2D eigenvalue weighted by Gasteiger charge is 2.25. The van der Waals surface area contributed by atoms with Crippen molar-refractivity contribution < 1.29 is 14.0 Å². The minimum absolute atomic E-state index is 0.0252. The van der Waals surface area contributed by atoms with Crippen LogP contribution in [0.1, 0.15) is 34.5 Å². The molecule has 1 N–H and O–H groups in total. The summed E-state index contributed by atoms with van der Waals surface area (Å²) in [5, 5.41) is 2.89. The summed E-state index contributed by atoms with van der Waals surface area (Å²) in [7, 11) is 1.73. The summed E-state index contributed by atoms with van der Waals surface area (Å²) in [6, 6.07) is 11.1. The van der Waals surface area contributed by atoms with Crippen LogP contribution in [-0.4, -0.2) is 18.9 Å². The van der Waals surface area contributed by atoms with Crippen LogP contribution < -0.4 is 10.2 Å². The maximum Gasteiger partial charge on any atom is 0.251 e. The van der Waals surface area contributed by atoms with Gasteiger partial charge in [-0.1, -0.05) is 12.1 Å². The molecule has 1 aliphatic rings. The molecule has 1 aliphatic heterocycles. The van der Waals surface area contributed by atoms with Crippen LogP contribution in [0.2, 0.25) is 0 Å². The summed E-state index contributed by atoms with van der Waals surface area (Å²) in [5.41, 5.74) is 3.05. The zero-order valence-corrected chi connectivity index (χ0v) is 13.0. The molecule has 1 atom stereocenters. The number of carbonyl (C=O) groups is 2. The van der Waals surface area contributed by atoms with E-state index in [1.807, 2.05) is 6.92 Å². The standard InChI is InChI=1S/C18H17FN2O2/c1-11(12-3-6-15(19)7-4-12)20-18(23)13-5-8-16-14(9-13)10-17(22)21(16)2/h3-9,11H,10H2,1-2H3,(H,20,23)/t11-/m1/s1. The lowest BCUT2D eigenvalue weighted by atomic mass is 10.1. The highest BCUT2D eigenvalue weighted by Crippen LogP contribution is 2.28. The van der Waals surface area contributed by atoms with E-state index in [4.69, 9.17) is 0 Å². The lowest BCUT2D eigenvalue weighted by molar-refractivity contribution is -0.117. The van der Waals surface area contributed by atoms with Crippen LogP contribution in [-0.2, 0) is 11.2 Å². The number of likely N-dealkylation sites (N-methyl/N-ethyl adjacent to an activating group) is 1. The molecule has 4 nitrogen and oxygen atoms in total. The zero-order chi connectivity index (χ0) is 16.6. The van der Waals surface area contributed by atoms with Gasteiger partial charge in [-0.05, 0) is 48.4 Å². The molecule has 1 heterocycles. The first-order valence-corrected chi connectivity index (χ1v) is 7.41. The fourth-order valence-corrected chi connectivity index (χ4v) is 2.73. The fraction of sp³-hybridized carbons (Fsp3) is 0.222. The topological polar surface area (TPSA) is 49.4 Å². The monoisotopic (exact) mass is 312 g/mol. The molecule has 0 saturated carbocycles. The molecule has 0 radical (unpaired) electrons. The van der Waals surface area contributed by atoms with Crippen molar-refractivity contribution in [1.82, 2.24) is 5.32 Å². The molecule has 23 heavy (non-hydrogen) atoms. The number of nitrogens with one attached hydrogen (secondary N) is 1. The van der Waals surface area contributed by atoms with Gasteiger partial charge in [-0.25, -0.2) is 4.39 Å². The van der Waals surface area contributed by atoms with Crippen molar-refractivity contribution >= 4 is 17.5 Å². The van der Waals surface area contributed by atoms with E-state index in [9.17, 15) is 14.0 Å². The third kappa shape index (κ3) is 2.95. The number of amides is 2. The van der Waals surface area contributed by atoms with Gasteiger partial charge in [0.2, 0.25) is 5.91 Å². The van der Waals surface area contributed by atoms with Gasteiger partial charge < -0.3 is 10.2 Å². The molecular formula is C18H17FN2O2. The lowest BCUT2D eigenvalue weighted by Crippen LogP contribution is -2.26. The Hall–Kier alpha value is -2.69. The SMILES string of the molecule is C[C@@H](NC(=O)c1ccc2c(c1)CC(=O)N2C)c1ccc(F)cc1. The van der Waals surface area contributed by atoms with Gasteiger partial charge in [0, 0.05) is 18.3 Å². The number of anilines is 1. The van der Waals surface area contributed by atoms with Gasteiger partial charge in [-0.2, -0.15) is 0 Å². The summed E-state index contributed by atoms with van der Waals surface area (Å²) in [6.45, 7) is 1.84. The number of hydrogen-bond acceptors (Lipinski definition) is 2. The van der Waals surface area contributed by atoms with Crippen molar-refractivity contribution in [1.29, 1.82) is 0 Å². The molecular weight excluding hydrogens is 295 g/mol. The second-order valence-corrected chi connectivity index (χ2v) is 5.72. The molecule has 0 unspecified atom stereocenters. The van der Waals surface area contributed by atoms with E-state index in [1.54, 1.807) is 42.3 Å². The van der Waals surface area contributed by atoms with Crippen molar-refractivity contribution in [3.63, 3.8) is 0 Å². The molecule has 0 aliphatic carbocycles. The Kier molecular flexibility index (Phi) is 3.86. The third-order valence-electron chi connectivity index (χ3n) is 4.14. The first-order valence-electron chi connectivity index (χ1n) is 7.41. The Bertz CT molecular complexity index is 771. The molecule has 118 valence electrons. The van der Waals surface area contributed by atoms with Crippen LogP contribution in [0.5, 0.6) is 0 Å². The number of benzene rings is 2. The van der Waals surface area contributed by atoms with Crippen molar-refractivity contribution in [3.05, 3.63) is 65.0 Å². The van der Waals surface area contributed by atoms with E-state index in [0.29, 0.717) is 12.0 Å². The minimum atomic E-state index is -0.306. The van der Waals surface area contributed by atoms with Crippen LogP contribution in [0.4, 0.5) is 10.1 Å². The smallest absolute Gasteiger partial charge is 0.251 e. The average molecular weight is 312 g/mol. The van der Waals surface area contributed by atoms with E-state index in [-0.39, 0.29) is 23.7 Å². The fourth-order valence-electron chi connectivity index (χ4n) is 2.73. The van der Waals surface area contributed by atoms with Crippen molar-refractivity contribution in [2.75, 3.05) is 11.9 Å². The largest absolute Gasteiger partial charge is 0.346 e. The molecule has 0 aromatic heterocycles. The number of carbonyl (C=O) groups excluding carboxylic acids is 2. The van der Waals surface area contributed by atoms with Crippen LogP contribution in [0.25, 0.3) is 0 Å². The summed E-state index contributed by atoms with van der Waals surface area (Å²) < 4.78 is 12.9. The van der Waals surface area contributed by atoms with Gasteiger partial charge in [0.15, 0.2) is 0 Å². The van der Waals surface area contributed by atoms with Crippen LogP contribution in [0.15, 0.2) is 42.5 Å². The van der Waals surface area contributed by atoms with E-state index >= 15 is 0 Å². The van der Waals surface area contributed by atoms with Gasteiger partial charge in [-0.3, -0.25) is 9.59 Å². The van der Waals surface area contributed by atoms with Gasteiger partial charge in [0.25, 0.3) is 5.91 Å². The maximum atomic E-state index is 12.9. The van der Waals surface area contributed by atoms with E-state index in [1.165, 1.54) is 12.1 Å². The second kappa shape index (κ2) is 5.83. The zero-order valence-electron chi connectivity index (χ0n) is 13.0. The predicted octanol–water partition coefficient (Wildman–Crippen LogP) is 2.84. The van der Waals surface area contributed by atoms with Crippen LogP contribution >= 0.6 is 0 Å². The highest BCUT2D eigenvalue weighted by molar-refractivity contribution is 6.03. The molecule has 2 aromatic rings. The normalized spacial score (nSPS) is 14.6. The number of fused-ring (bicyclic) bond motifs is 1. The van der Waals surface area contributed by atoms with Crippen LogP contribution in [0, 0.1) is 5.82 Å². The van der Waals surface area contributed by atoms with Gasteiger partial charge in [0.05, 0.1) is 12.5 Å². The van der Waals surface area contributed by atoms with Gasteiger partial charge in [-0.15, -0.1) is 0 Å². The van der Waals surface area contributed by atoms with Crippen molar-refractivity contribution in [3.8, 4) is 0 Å². The second-order valence-electron chi connectivity index (χ2n) is 5.72. The molecule has 0 saturated heterocycles. The first-order chi connectivity index (χ1) is 11.0. The van der Waals surface area contributed by atoms with E-state index in [2.05, 4.69) is 5.32 Å². The quantitative estimate of drug-likeness (QED) is 0.947. The summed E-state index contributed by atoms with van der Waals surface area (Å²) in [6.07, 6.45) is 0.320. The summed E-state index contributed by atoms with van der Waals surface area (Å²) in [4.78, 5) is 25.7. The summed E-state index contributed by atoms with van der Waals surface area (Å²) in [5.74, 6) is -0.497. The molecule has 0 bridgehead atoms. The molecule has 0 spiro atoms. The first kappa shape index (κ1) is 15.2. The predicted molar refractivity (Wildman–Crippen MR) is 85.8 cm³/mol. The minimum Gasteiger partial charge on any atom is -0.346 e. The number of halogens is 1. The lowest BCUT2D eigenvalue weighted by Gasteiger charge is -2.15. The molecule has 5 heteroatoms. The van der Waals surface area contributed by atoms with E-state index in [0.717, 1.165) is 16.8 Å². The number of nitrogens with zero attached hydrogens (tertiary/aromatic N) is 1. The van der Waals surface area contributed by atoms with Crippen molar-refractivity contribution in [2.45, 2.75) is 19.4 Å². The van der Waals surface area contributed by atoms with Crippen molar-refractivity contribution in [2.24, 2.45) is 0 Å². The van der Waals surface area contributed by atoms with Gasteiger partial charge in [0.1, 0.15) is 5.82 Å². The maximum absolute atomic E-state index is 12.9. The average Bonchev–Trinajstić information content (AvgIpc) is 2.82. The Morgan fingerprint density at radius 2 is 1.91 bits per heavy atom. The molecule has 3 rings (SSSR count). The Balaban J connectivity index is 1.75. The molecule has 0 fully saturated rings. The van der Waals surface area contributed by atoms with Crippen LogP contribution in [0.3, 0.4) is 0 Å². The molecule has 2 amide bonds. The number of rotatable bonds is 3. The summed E-state index contributed by atoms with van der Waals surface area (Å²) >= 11 is 0. The number of hydrogen-bond donors (Lipinski definition) is 1. The Morgan fingerprint density at radius 1 is 1.22 bits per heavy atom. The van der Waals surface area contributed by atoms with E-state index < -0.39 is 0 Å². The Morgan fingerprint density at radius 3 is 2.61 bits per heavy atom. The highest BCUT2D eigenvalue weighted by atomic mass is 19.1. The molecule has 2 aromatic carbocycles. The third-order valence-corrected chi connectivity index (χ3v) is 4.14. The Labute approximate surface area is 133 Å².